The Morgan fingerprint density at radius 3 is 2.61 bits per heavy atom. The fourth-order valence-corrected chi connectivity index (χ4v) is 3.53. The summed E-state index contributed by atoms with van der Waals surface area (Å²) in [5.74, 6) is 0.704. The van der Waals surface area contributed by atoms with E-state index in [9.17, 15) is 9.18 Å². The maximum Gasteiger partial charge on any atom is 0.248 e. The van der Waals surface area contributed by atoms with Gasteiger partial charge in [-0.2, -0.15) is 0 Å². The Balaban J connectivity index is 1.47. The third-order valence-corrected chi connectivity index (χ3v) is 4.91. The van der Waals surface area contributed by atoms with Crippen molar-refractivity contribution in [1.29, 1.82) is 0 Å². The lowest BCUT2D eigenvalue weighted by Crippen LogP contribution is -2.30. The SMILES string of the molecule is O=C(/C=C/c1ccc2c(c1)OCCO2)Nc1cc(F)ccc1N1CCCCC1. The molecule has 2 aliphatic rings. The molecule has 0 bridgehead atoms. The van der Waals surface area contributed by atoms with E-state index in [0.717, 1.165) is 37.2 Å². The van der Waals surface area contributed by atoms with E-state index in [1.807, 2.05) is 18.2 Å². The first-order valence-corrected chi connectivity index (χ1v) is 9.62. The van der Waals surface area contributed by atoms with Crippen molar-refractivity contribution in [2.45, 2.75) is 19.3 Å². The molecule has 2 aliphatic heterocycles. The van der Waals surface area contributed by atoms with Crippen LogP contribution in [0.25, 0.3) is 6.08 Å². The maximum atomic E-state index is 13.8. The predicted molar refractivity (Wildman–Crippen MR) is 108 cm³/mol. The molecule has 146 valence electrons. The average molecular weight is 382 g/mol. The van der Waals surface area contributed by atoms with Crippen LogP contribution < -0.4 is 19.7 Å². The molecule has 0 aromatic heterocycles. The van der Waals surface area contributed by atoms with Gasteiger partial charge in [-0.1, -0.05) is 6.07 Å². The summed E-state index contributed by atoms with van der Waals surface area (Å²) in [6.45, 7) is 2.89. The molecule has 0 unspecified atom stereocenters. The molecule has 1 saturated heterocycles. The molecule has 28 heavy (non-hydrogen) atoms. The minimum absolute atomic E-state index is 0.307. The van der Waals surface area contributed by atoms with Crippen molar-refractivity contribution < 1.29 is 18.7 Å². The van der Waals surface area contributed by atoms with Crippen LogP contribution in [0.2, 0.25) is 0 Å². The first kappa shape index (κ1) is 18.3. The molecule has 5 nitrogen and oxygen atoms in total. The minimum Gasteiger partial charge on any atom is -0.486 e. The second-order valence-electron chi connectivity index (χ2n) is 6.93. The molecule has 6 heteroatoms. The summed E-state index contributed by atoms with van der Waals surface area (Å²) >= 11 is 0. The Labute approximate surface area is 163 Å². The minimum atomic E-state index is -0.369. The van der Waals surface area contributed by atoms with Crippen LogP contribution in [0.3, 0.4) is 0 Å². The standard InChI is InChI=1S/C22H23FN2O3/c23-17-6-7-19(25-10-2-1-3-11-25)18(15-17)24-22(26)9-5-16-4-8-20-21(14-16)28-13-12-27-20/h4-9,14-15H,1-3,10-13H2,(H,24,26)/b9-5+. The number of fused-ring (bicyclic) bond motifs is 1. The number of hydrogen-bond acceptors (Lipinski definition) is 4. The Kier molecular flexibility index (Phi) is 5.46. The molecule has 0 saturated carbocycles. The van der Waals surface area contributed by atoms with Gasteiger partial charge in [0.05, 0.1) is 11.4 Å². The number of ether oxygens (including phenoxy) is 2. The summed E-state index contributed by atoms with van der Waals surface area (Å²) in [6.07, 6.45) is 6.56. The smallest absolute Gasteiger partial charge is 0.248 e. The van der Waals surface area contributed by atoms with Gasteiger partial charge in [0.15, 0.2) is 11.5 Å². The summed E-state index contributed by atoms with van der Waals surface area (Å²) in [6, 6.07) is 10.1. The lowest BCUT2D eigenvalue weighted by Gasteiger charge is -2.30. The van der Waals surface area contributed by atoms with Crippen LogP contribution in [0, 0.1) is 5.82 Å². The highest BCUT2D eigenvalue weighted by molar-refractivity contribution is 6.03. The van der Waals surface area contributed by atoms with E-state index < -0.39 is 0 Å². The molecule has 1 N–H and O–H groups in total. The van der Waals surface area contributed by atoms with Gasteiger partial charge in [-0.3, -0.25) is 4.79 Å². The average Bonchev–Trinajstić information content (AvgIpc) is 2.73. The highest BCUT2D eigenvalue weighted by atomic mass is 19.1. The Bertz CT molecular complexity index is 891. The Hall–Kier alpha value is -3.02. The first-order chi connectivity index (χ1) is 13.7. The Morgan fingerprint density at radius 2 is 1.79 bits per heavy atom. The quantitative estimate of drug-likeness (QED) is 0.804. The van der Waals surface area contributed by atoms with E-state index in [1.54, 1.807) is 12.1 Å². The summed E-state index contributed by atoms with van der Waals surface area (Å²) in [7, 11) is 0. The van der Waals surface area contributed by atoms with Crippen LogP contribution in [0.4, 0.5) is 15.8 Å². The topological polar surface area (TPSA) is 50.8 Å². The molecular formula is C22H23FN2O3. The lowest BCUT2D eigenvalue weighted by molar-refractivity contribution is -0.111. The van der Waals surface area contributed by atoms with E-state index >= 15 is 0 Å². The van der Waals surface area contributed by atoms with Gasteiger partial charge in [-0.05, 0) is 61.2 Å². The number of nitrogens with zero attached hydrogens (tertiary/aromatic N) is 1. The molecule has 0 radical (unpaired) electrons. The third-order valence-electron chi connectivity index (χ3n) is 4.91. The highest BCUT2D eigenvalue weighted by Gasteiger charge is 2.16. The molecule has 2 aromatic rings. The molecule has 1 fully saturated rings. The zero-order chi connectivity index (χ0) is 19.3. The van der Waals surface area contributed by atoms with Crippen LogP contribution in [0.15, 0.2) is 42.5 Å². The number of rotatable bonds is 4. The number of carbonyl (C=O) groups excluding carboxylic acids is 1. The van der Waals surface area contributed by atoms with Gasteiger partial charge in [-0.25, -0.2) is 4.39 Å². The van der Waals surface area contributed by atoms with Gasteiger partial charge in [0.2, 0.25) is 5.91 Å². The molecule has 0 atom stereocenters. The van der Waals surface area contributed by atoms with Crippen molar-refractivity contribution in [1.82, 2.24) is 0 Å². The van der Waals surface area contributed by atoms with Crippen molar-refractivity contribution >= 4 is 23.4 Å². The second-order valence-corrected chi connectivity index (χ2v) is 6.93. The van der Waals surface area contributed by atoms with Crippen LogP contribution >= 0.6 is 0 Å². The lowest BCUT2D eigenvalue weighted by atomic mass is 10.1. The van der Waals surface area contributed by atoms with E-state index in [-0.39, 0.29) is 11.7 Å². The maximum absolute atomic E-state index is 13.8. The monoisotopic (exact) mass is 382 g/mol. The van der Waals surface area contributed by atoms with Gasteiger partial charge in [0.1, 0.15) is 19.0 Å². The van der Waals surface area contributed by atoms with Gasteiger partial charge < -0.3 is 19.7 Å². The van der Waals surface area contributed by atoms with Gasteiger partial charge >= 0.3 is 0 Å². The number of piperidine rings is 1. The van der Waals surface area contributed by atoms with Crippen LogP contribution in [0.5, 0.6) is 11.5 Å². The number of halogens is 1. The summed E-state index contributed by atoms with van der Waals surface area (Å²) in [5.41, 5.74) is 2.19. The van der Waals surface area contributed by atoms with E-state index in [2.05, 4.69) is 10.2 Å². The number of anilines is 2. The molecular weight excluding hydrogens is 359 g/mol. The second kappa shape index (κ2) is 8.33. The number of nitrogens with one attached hydrogen (secondary N) is 1. The largest absolute Gasteiger partial charge is 0.486 e. The Morgan fingerprint density at radius 1 is 1.00 bits per heavy atom. The van der Waals surface area contributed by atoms with E-state index in [0.29, 0.717) is 30.4 Å². The number of amides is 1. The number of carbonyl (C=O) groups is 1. The van der Waals surface area contributed by atoms with Crippen LogP contribution in [-0.4, -0.2) is 32.2 Å². The van der Waals surface area contributed by atoms with E-state index in [4.69, 9.17) is 9.47 Å². The summed E-state index contributed by atoms with van der Waals surface area (Å²) in [4.78, 5) is 14.6. The highest BCUT2D eigenvalue weighted by Crippen LogP contribution is 2.31. The van der Waals surface area contributed by atoms with Crippen molar-refractivity contribution in [2.24, 2.45) is 0 Å². The third kappa shape index (κ3) is 4.27. The zero-order valence-corrected chi connectivity index (χ0v) is 15.6. The molecule has 1 amide bonds. The summed E-state index contributed by atoms with van der Waals surface area (Å²) in [5, 5.41) is 2.82. The molecule has 2 aromatic carbocycles. The normalized spacial score (nSPS) is 16.2. The van der Waals surface area contributed by atoms with Gasteiger partial charge in [0, 0.05) is 19.2 Å². The molecule has 2 heterocycles. The fraction of sp³-hybridized carbons (Fsp3) is 0.318. The number of benzene rings is 2. The molecule has 0 spiro atoms. The van der Waals surface area contributed by atoms with Crippen LogP contribution in [-0.2, 0) is 4.79 Å². The molecule has 4 rings (SSSR count). The van der Waals surface area contributed by atoms with Crippen molar-refractivity contribution in [2.75, 3.05) is 36.5 Å². The first-order valence-electron chi connectivity index (χ1n) is 9.62. The van der Waals surface area contributed by atoms with E-state index in [1.165, 1.54) is 24.6 Å². The van der Waals surface area contributed by atoms with Gasteiger partial charge in [-0.15, -0.1) is 0 Å². The van der Waals surface area contributed by atoms with Gasteiger partial charge in [0.25, 0.3) is 0 Å². The van der Waals surface area contributed by atoms with Crippen molar-refractivity contribution in [3.63, 3.8) is 0 Å². The molecule has 0 aliphatic carbocycles. The number of hydrogen-bond donors (Lipinski definition) is 1. The van der Waals surface area contributed by atoms with Crippen molar-refractivity contribution in [3.8, 4) is 11.5 Å². The summed E-state index contributed by atoms with van der Waals surface area (Å²) < 4.78 is 24.8. The predicted octanol–water partition coefficient (Wildman–Crippen LogP) is 4.24. The fourth-order valence-electron chi connectivity index (χ4n) is 3.53. The van der Waals surface area contributed by atoms with Crippen LogP contribution in [0.1, 0.15) is 24.8 Å². The van der Waals surface area contributed by atoms with Crippen molar-refractivity contribution in [3.05, 3.63) is 53.9 Å². The zero-order valence-electron chi connectivity index (χ0n) is 15.6.